The van der Waals surface area contributed by atoms with Gasteiger partial charge in [0.05, 0.1) is 10.2 Å². The van der Waals surface area contributed by atoms with E-state index in [0.717, 1.165) is 21.2 Å². The van der Waals surface area contributed by atoms with E-state index in [-0.39, 0.29) is 0 Å². The topological polar surface area (TPSA) is 30.2 Å². The Hall–Kier alpha value is -1.72. The van der Waals surface area contributed by atoms with Crippen LogP contribution < -0.4 is 0 Å². The molecular weight excluding hydrogens is 274 g/mol. The Morgan fingerprint density at radius 2 is 1.89 bits per heavy atom. The molecule has 0 spiro atoms. The molecule has 1 aromatic carbocycles. The highest BCUT2D eigenvalue weighted by molar-refractivity contribution is 7.21. The average Bonchev–Trinajstić information content (AvgIpc) is 3.05. The van der Waals surface area contributed by atoms with E-state index in [1.54, 1.807) is 22.7 Å². The lowest BCUT2D eigenvalue weighted by Crippen LogP contribution is -1.81. The van der Waals surface area contributed by atoms with Crippen molar-refractivity contribution < 1.29 is 0 Å². The monoisotopic (exact) mass is 285 g/mol. The van der Waals surface area contributed by atoms with Gasteiger partial charge >= 0.3 is 0 Å². The summed E-state index contributed by atoms with van der Waals surface area (Å²) in [6, 6.07) is 8.21. The molecule has 19 heavy (non-hydrogen) atoms. The maximum absolute atomic E-state index is 4.69. The minimum Gasteiger partial charge on any atom is -0.294 e. The molecule has 0 saturated heterocycles. The van der Waals surface area contributed by atoms with Gasteiger partial charge in [0.2, 0.25) is 0 Å². The normalized spacial score (nSPS) is 11.7. The number of para-hydroxylation sites is 1. The zero-order valence-corrected chi connectivity index (χ0v) is 12.2. The van der Waals surface area contributed by atoms with Crippen molar-refractivity contribution in [2.45, 2.75) is 13.8 Å². The van der Waals surface area contributed by atoms with Gasteiger partial charge < -0.3 is 0 Å². The van der Waals surface area contributed by atoms with Crippen LogP contribution in [-0.2, 0) is 0 Å². The lowest BCUT2D eigenvalue weighted by atomic mass is 10.3. The van der Waals surface area contributed by atoms with E-state index < -0.39 is 0 Å². The van der Waals surface area contributed by atoms with Crippen molar-refractivity contribution >= 4 is 37.9 Å². The largest absolute Gasteiger partial charge is 0.294 e. The van der Waals surface area contributed by atoms with Crippen LogP contribution in [0.2, 0.25) is 0 Å². The third-order valence-corrected chi connectivity index (χ3v) is 5.43. The molecule has 5 heteroatoms. The quantitative estimate of drug-likeness (QED) is 0.522. The second kappa shape index (κ2) is 3.88. The van der Waals surface area contributed by atoms with Crippen LogP contribution in [-0.4, -0.2) is 14.4 Å². The van der Waals surface area contributed by atoms with Crippen molar-refractivity contribution in [3.8, 4) is 10.7 Å². The molecule has 0 aliphatic heterocycles. The van der Waals surface area contributed by atoms with Crippen molar-refractivity contribution in [3.63, 3.8) is 0 Å². The molecule has 0 fully saturated rings. The molecule has 0 radical (unpaired) electrons. The highest BCUT2D eigenvalue weighted by atomic mass is 32.1. The first-order valence-corrected chi connectivity index (χ1v) is 7.67. The minimum absolute atomic E-state index is 0.968. The van der Waals surface area contributed by atoms with Gasteiger partial charge in [-0.1, -0.05) is 12.1 Å². The first-order valence-electron chi connectivity index (χ1n) is 6.03. The molecule has 0 N–H and O–H groups in total. The summed E-state index contributed by atoms with van der Waals surface area (Å²) in [5, 5.41) is 0.995. The van der Waals surface area contributed by atoms with Crippen LogP contribution in [0.5, 0.6) is 0 Å². The summed E-state index contributed by atoms with van der Waals surface area (Å²) in [7, 11) is 0. The third-order valence-electron chi connectivity index (χ3n) is 3.30. The average molecular weight is 285 g/mol. The van der Waals surface area contributed by atoms with Gasteiger partial charge in [-0.3, -0.25) is 4.40 Å². The molecule has 3 heterocycles. The van der Waals surface area contributed by atoms with E-state index >= 15 is 0 Å². The van der Waals surface area contributed by atoms with Crippen molar-refractivity contribution in [2.75, 3.05) is 0 Å². The highest BCUT2D eigenvalue weighted by Crippen LogP contribution is 2.31. The van der Waals surface area contributed by atoms with E-state index in [2.05, 4.69) is 40.5 Å². The molecular formula is C14H11N3S2. The summed E-state index contributed by atoms with van der Waals surface area (Å²) in [6.45, 7) is 4.26. The van der Waals surface area contributed by atoms with E-state index in [1.807, 2.05) is 18.2 Å². The number of thiazole rings is 2. The fraction of sp³-hybridized carbons (Fsp3) is 0.143. The molecule has 0 unspecified atom stereocenters. The molecule has 94 valence electrons. The zero-order chi connectivity index (χ0) is 13.0. The van der Waals surface area contributed by atoms with E-state index in [9.17, 15) is 0 Å². The van der Waals surface area contributed by atoms with E-state index in [0.29, 0.717) is 0 Å². The van der Waals surface area contributed by atoms with Gasteiger partial charge in [0.25, 0.3) is 0 Å². The Bertz CT molecular complexity index is 865. The number of hydrogen-bond donors (Lipinski definition) is 0. The zero-order valence-electron chi connectivity index (χ0n) is 10.5. The fourth-order valence-electron chi connectivity index (χ4n) is 2.14. The Balaban J connectivity index is 1.93. The van der Waals surface area contributed by atoms with Crippen molar-refractivity contribution in [2.24, 2.45) is 0 Å². The lowest BCUT2D eigenvalue weighted by Gasteiger charge is -1.89. The number of aromatic nitrogens is 3. The fourth-order valence-corrected chi connectivity index (χ4v) is 4.01. The number of nitrogens with zero attached hydrogens (tertiary/aromatic N) is 3. The number of fused-ring (bicyclic) bond motifs is 2. The van der Waals surface area contributed by atoms with Crippen molar-refractivity contribution in [1.82, 2.24) is 14.4 Å². The molecule has 4 aromatic rings. The molecule has 0 atom stereocenters. The van der Waals surface area contributed by atoms with Crippen LogP contribution in [0.1, 0.15) is 10.6 Å². The lowest BCUT2D eigenvalue weighted by molar-refractivity contribution is 1.11. The first-order chi connectivity index (χ1) is 9.22. The summed E-state index contributed by atoms with van der Waals surface area (Å²) in [5.41, 5.74) is 3.28. The molecule has 0 aliphatic carbocycles. The number of benzene rings is 1. The van der Waals surface area contributed by atoms with E-state index in [1.165, 1.54) is 15.3 Å². The van der Waals surface area contributed by atoms with Crippen LogP contribution in [0.4, 0.5) is 0 Å². The summed E-state index contributed by atoms with van der Waals surface area (Å²) < 4.78 is 3.36. The molecule has 0 bridgehead atoms. The maximum atomic E-state index is 4.69. The highest BCUT2D eigenvalue weighted by Gasteiger charge is 2.13. The number of aryl methyl sites for hydroxylation is 2. The third kappa shape index (κ3) is 1.62. The number of rotatable bonds is 1. The number of imidazole rings is 1. The molecule has 0 saturated carbocycles. The van der Waals surface area contributed by atoms with Crippen molar-refractivity contribution in [3.05, 3.63) is 41.0 Å². The Kier molecular flexibility index (Phi) is 2.28. The predicted molar refractivity (Wildman–Crippen MR) is 81.2 cm³/mol. The summed E-state index contributed by atoms with van der Waals surface area (Å²) in [5.74, 6) is 0. The maximum Gasteiger partial charge on any atom is 0.194 e. The predicted octanol–water partition coefficient (Wildman–Crippen LogP) is 4.29. The summed E-state index contributed by atoms with van der Waals surface area (Å²) >= 11 is 3.43. The van der Waals surface area contributed by atoms with Crippen LogP contribution in [0, 0.1) is 13.8 Å². The van der Waals surface area contributed by atoms with Gasteiger partial charge in [0, 0.05) is 16.8 Å². The Labute approximate surface area is 118 Å². The smallest absolute Gasteiger partial charge is 0.194 e. The molecule has 3 nitrogen and oxygen atoms in total. The van der Waals surface area contributed by atoms with Gasteiger partial charge in [-0.2, -0.15) is 0 Å². The second-order valence-electron chi connectivity index (χ2n) is 4.51. The minimum atomic E-state index is 0.968. The molecule has 0 amide bonds. The van der Waals surface area contributed by atoms with Gasteiger partial charge in [-0.15, -0.1) is 22.7 Å². The van der Waals surface area contributed by atoms with Gasteiger partial charge in [-0.25, -0.2) is 9.97 Å². The van der Waals surface area contributed by atoms with Crippen LogP contribution in [0.25, 0.3) is 25.9 Å². The molecule has 4 rings (SSSR count). The number of hydrogen-bond acceptors (Lipinski definition) is 4. The van der Waals surface area contributed by atoms with Crippen LogP contribution in [0.15, 0.2) is 30.5 Å². The summed E-state index contributed by atoms with van der Waals surface area (Å²) in [6.07, 6.45) is 2.09. The summed E-state index contributed by atoms with van der Waals surface area (Å²) in [4.78, 5) is 11.7. The molecule has 0 aliphatic rings. The molecule has 3 aromatic heterocycles. The van der Waals surface area contributed by atoms with Gasteiger partial charge in [0.1, 0.15) is 10.7 Å². The standard InChI is InChI=1S/C14H11N3S2/c1-8-9(2)18-14-16-11(7-17(8)14)13-15-10-5-3-4-6-12(10)19-13/h3-7H,1-2H3. The Morgan fingerprint density at radius 1 is 1.05 bits per heavy atom. The first kappa shape index (κ1) is 11.1. The van der Waals surface area contributed by atoms with Crippen LogP contribution in [0.3, 0.4) is 0 Å². The van der Waals surface area contributed by atoms with Gasteiger partial charge in [0.15, 0.2) is 4.96 Å². The Morgan fingerprint density at radius 3 is 2.68 bits per heavy atom. The van der Waals surface area contributed by atoms with Gasteiger partial charge in [-0.05, 0) is 26.0 Å². The van der Waals surface area contributed by atoms with E-state index in [4.69, 9.17) is 0 Å². The SMILES string of the molecule is Cc1sc2nc(-c3nc4ccccc4s3)cn2c1C. The second-order valence-corrected chi connectivity index (χ2v) is 6.72. The van der Waals surface area contributed by atoms with Crippen LogP contribution >= 0.6 is 22.7 Å². The van der Waals surface area contributed by atoms with Crippen molar-refractivity contribution in [1.29, 1.82) is 0 Å².